The Kier molecular flexibility index (Phi) is 4.15. The van der Waals surface area contributed by atoms with Crippen molar-refractivity contribution in [3.05, 3.63) is 33.8 Å². The van der Waals surface area contributed by atoms with Crippen molar-refractivity contribution in [3.8, 4) is 0 Å². The summed E-state index contributed by atoms with van der Waals surface area (Å²) < 4.78 is 0. The second-order valence-electron chi connectivity index (χ2n) is 4.76. The van der Waals surface area contributed by atoms with Crippen LogP contribution in [-0.4, -0.2) is 28.6 Å². The third kappa shape index (κ3) is 2.79. The molecule has 5 heteroatoms. The smallest absolute Gasteiger partial charge is 0.321 e. The molecular weight excluding hydrogens is 273 g/mol. The Morgan fingerprint density at radius 3 is 2.89 bits per heavy atom. The fourth-order valence-corrected chi connectivity index (χ4v) is 2.86. The van der Waals surface area contributed by atoms with Gasteiger partial charge in [-0.25, -0.2) is 0 Å². The molecule has 0 radical (unpaired) electrons. The third-order valence-corrected chi connectivity index (χ3v) is 4.04. The van der Waals surface area contributed by atoms with Crippen LogP contribution in [-0.2, 0) is 11.3 Å². The summed E-state index contributed by atoms with van der Waals surface area (Å²) in [6.45, 7) is 3.28. The number of nitrogens with zero attached hydrogens (tertiary/aromatic N) is 1. The van der Waals surface area contributed by atoms with Crippen molar-refractivity contribution in [1.29, 1.82) is 0 Å². The highest BCUT2D eigenvalue weighted by molar-refractivity contribution is 6.33. The molecule has 1 aromatic carbocycles. The highest BCUT2D eigenvalue weighted by Gasteiger charge is 2.36. The number of hydrogen-bond donors (Lipinski definition) is 1. The molecule has 0 saturated carbocycles. The van der Waals surface area contributed by atoms with E-state index >= 15 is 0 Å². The maximum Gasteiger partial charge on any atom is 0.321 e. The SMILES string of the molecule is CC1CCN(Cc2cc(Cl)ccc2Cl)C1C(=O)O. The minimum Gasteiger partial charge on any atom is -0.480 e. The van der Waals surface area contributed by atoms with Gasteiger partial charge in [0.1, 0.15) is 6.04 Å². The lowest BCUT2D eigenvalue weighted by Crippen LogP contribution is -2.38. The van der Waals surface area contributed by atoms with E-state index in [0.717, 1.165) is 18.5 Å². The molecule has 1 aromatic rings. The molecule has 1 aliphatic rings. The largest absolute Gasteiger partial charge is 0.480 e. The van der Waals surface area contributed by atoms with E-state index in [0.29, 0.717) is 16.6 Å². The van der Waals surface area contributed by atoms with Gasteiger partial charge in [-0.2, -0.15) is 0 Å². The summed E-state index contributed by atoms with van der Waals surface area (Å²) in [7, 11) is 0. The lowest BCUT2D eigenvalue weighted by atomic mass is 10.0. The standard InChI is InChI=1S/C13H15Cl2NO2/c1-8-4-5-16(12(8)13(17)18)7-9-6-10(14)2-3-11(9)15/h2-3,6,8,12H,4-5,7H2,1H3,(H,17,18). The van der Waals surface area contributed by atoms with Crippen molar-refractivity contribution < 1.29 is 9.90 Å². The van der Waals surface area contributed by atoms with Gasteiger partial charge in [0, 0.05) is 16.6 Å². The maximum atomic E-state index is 11.3. The van der Waals surface area contributed by atoms with E-state index in [1.54, 1.807) is 18.2 Å². The van der Waals surface area contributed by atoms with Crippen LogP contribution in [0.2, 0.25) is 10.0 Å². The van der Waals surface area contributed by atoms with Gasteiger partial charge in [0.15, 0.2) is 0 Å². The lowest BCUT2D eigenvalue weighted by molar-refractivity contribution is -0.143. The monoisotopic (exact) mass is 287 g/mol. The van der Waals surface area contributed by atoms with Crippen LogP contribution in [0, 0.1) is 5.92 Å². The van der Waals surface area contributed by atoms with Crippen molar-refractivity contribution in [2.24, 2.45) is 5.92 Å². The van der Waals surface area contributed by atoms with Crippen LogP contribution in [0.4, 0.5) is 0 Å². The van der Waals surface area contributed by atoms with Crippen molar-refractivity contribution in [3.63, 3.8) is 0 Å². The van der Waals surface area contributed by atoms with Crippen molar-refractivity contribution in [2.75, 3.05) is 6.54 Å². The average molecular weight is 288 g/mol. The van der Waals surface area contributed by atoms with E-state index in [1.807, 2.05) is 11.8 Å². The van der Waals surface area contributed by atoms with E-state index in [1.165, 1.54) is 0 Å². The van der Waals surface area contributed by atoms with Crippen LogP contribution in [0.5, 0.6) is 0 Å². The van der Waals surface area contributed by atoms with Crippen molar-refractivity contribution in [1.82, 2.24) is 4.90 Å². The number of carboxylic acid groups (broad SMARTS) is 1. The van der Waals surface area contributed by atoms with E-state index in [4.69, 9.17) is 23.2 Å². The minimum absolute atomic E-state index is 0.167. The van der Waals surface area contributed by atoms with Gasteiger partial charge in [0.05, 0.1) is 0 Å². The molecule has 1 saturated heterocycles. The second-order valence-corrected chi connectivity index (χ2v) is 5.60. The average Bonchev–Trinajstić information content (AvgIpc) is 2.65. The van der Waals surface area contributed by atoms with Gasteiger partial charge in [-0.3, -0.25) is 9.69 Å². The van der Waals surface area contributed by atoms with Gasteiger partial charge in [0.25, 0.3) is 0 Å². The first-order chi connectivity index (χ1) is 8.49. The molecule has 0 bridgehead atoms. The quantitative estimate of drug-likeness (QED) is 0.927. The third-order valence-electron chi connectivity index (χ3n) is 3.44. The summed E-state index contributed by atoms with van der Waals surface area (Å²) in [5, 5.41) is 10.5. The van der Waals surface area contributed by atoms with Gasteiger partial charge >= 0.3 is 5.97 Å². The Hall–Kier alpha value is -0.770. The zero-order valence-electron chi connectivity index (χ0n) is 10.1. The van der Waals surface area contributed by atoms with E-state index in [2.05, 4.69) is 0 Å². The summed E-state index contributed by atoms with van der Waals surface area (Å²) in [5.41, 5.74) is 0.879. The molecule has 1 aliphatic heterocycles. The topological polar surface area (TPSA) is 40.5 Å². The van der Waals surface area contributed by atoms with Gasteiger partial charge in [0.2, 0.25) is 0 Å². The first-order valence-corrected chi connectivity index (χ1v) is 6.65. The highest BCUT2D eigenvalue weighted by Crippen LogP contribution is 2.29. The zero-order valence-corrected chi connectivity index (χ0v) is 11.6. The molecule has 1 heterocycles. The van der Waals surface area contributed by atoms with E-state index < -0.39 is 12.0 Å². The van der Waals surface area contributed by atoms with Crippen LogP contribution in [0.25, 0.3) is 0 Å². The predicted octanol–water partition coefficient (Wildman–Crippen LogP) is 3.29. The molecule has 3 nitrogen and oxygen atoms in total. The molecule has 0 amide bonds. The number of halogens is 2. The molecule has 2 unspecified atom stereocenters. The maximum absolute atomic E-state index is 11.3. The van der Waals surface area contributed by atoms with Crippen molar-refractivity contribution in [2.45, 2.75) is 25.9 Å². The van der Waals surface area contributed by atoms with Crippen molar-refractivity contribution >= 4 is 29.2 Å². The van der Waals surface area contributed by atoms with E-state index in [9.17, 15) is 9.90 Å². The van der Waals surface area contributed by atoms with E-state index in [-0.39, 0.29) is 5.92 Å². The summed E-state index contributed by atoms with van der Waals surface area (Å²) >= 11 is 12.0. The Morgan fingerprint density at radius 1 is 1.50 bits per heavy atom. The number of likely N-dealkylation sites (tertiary alicyclic amines) is 1. The summed E-state index contributed by atoms with van der Waals surface area (Å²) in [6, 6.07) is 4.84. The number of aliphatic carboxylic acids is 1. The first-order valence-electron chi connectivity index (χ1n) is 5.90. The van der Waals surface area contributed by atoms with Gasteiger partial charge in [-0.1, -0.05) is 30.1 Å². The second kappa shape index (κ2) is 5.47. The van der Waals surface area contributed by atoms with Gasteiger partial charge < -0.3 is 5.11 Å². The van der Waals surface area contributed by atoms with Gasteiger partial charge in [-0.15, -0.1) is 0 Å². The fraction of sp³-hybridized carbons (Fsp3) is 0.462. The lowest BCUT2D eigenvalue weighted by Gasteiger charge is -2.23. The Labute approximate surface area is 116 Å². The first kappa shape index (κ1) is 13.7. The molecular formula is C13H15Cl2NO2. The molecule has 1 fully saturated rings. The summed E-state index contributed by atoms with van der Waals surface area (Å²) in [6.07, 6.45) is 0.898. The Morgan fingerprint density at radius 2 is 2.22 bits per heavy atom. The number of carbonyl (C=O) groups is 1. The minimum atomic E-state index is -0.766. The molecule has 2 atom stereocenters. The zero-order chi connectivity index (χ0) is 13.3. The predicted molar refractivity (Wildman–Crippen MR) is 72.1 cm³/mol. The van der Waals surface area contributed by atoms with Gasteiger partial charge in [-0.05, 0) is 42.6 Å². The number of benzene rings is 1. The van der Waals surface area contributed by atoms with Crippen LogP contribution < -0.4 is 0 Å². The fourth-order valence-electron chi connectivity index (χ4n) is 2.49. The molecule has 1 N–H and O–H groups in total. The number of rotatable bonds is 3. The van der Waals surface area contributed by atoms with Crippen LogP contribution in [0.15, 0.2) is 18.2 Å². The molecule has 0 aliphatic carbocycles. The van der Waals surface area contributed by atoms with Crippen LogP contribution in [0.3, 0.4) is 0 Å². The highest BCUT2D eigenvalue weighted by atomic mass is 35.5. The Balaban J connectivity index is 2.18. The summed E-state index contributed by atoms with van der Waals surface area (Å²) in [5.74, 6) is -0.599. The Bertz CT molecular complexity index is 464. The van der Waals surface area contributed by atoms with Crippen LogP contribution in [0.1, 0.15) is 18.9 Å². The summed E-state index contributed by atoms with van der Waals surface area (Å²) in [4.78, 5) is 13.2. The molecule has 0 aromatic heterocycles. The normalized spacial score (nSPS) is 24.4. The van der Waals surface area contributed by atoms with Crippen LogP contribution >= 0.6 is 23.2 Å². The number of hydrogen-bond acceptors (Lipinski definition) is 2. The molecule has 0 spiro atoms. The number of carboxylic acids is 1. The molecule has 18 heavy (non-hydrogen) atoms. The molecule has 2 rings (SSSR count). The molecule has 98 valence electrons.